The summed E-state index contributed by atoms with van der Waals surface area (Å²) >= 11 is 0. The van der Waals surface area contributed by atoms with Gasteiger partial charge in [0.05, 0.1) is 18.6 Å². The first-order valence-corrected chi connectivity index (χ1v) is 7.60. The molecule has 0 aromatic heterocycles. The normalized spacial score (nSPS) is 22.9. The van der Waals surface area contributed by atoms with Gasteiger partial charge in [-0.05, 0) is 19.8 Å². The van der Waals surface area contributed by atoms with Crippen LogP contribution in [0.3, 0.4) is 0 Å². The number of nitrogens with zero attached hydrogens (tertiary/aromatic N) is 1. The summed E-state index contributed by atoms with van der Waals surface area (Å²) in [6.45, 7) is 6.18. The van der Waals surface area contributed by atoms with E-state index in [0.717, 1.165) is 39.3 Å². The van der Waals surface area contributed by atoms with Crippen LogP contribution in [0.1, 0.15) is 26.2 Å². The molecule has 0 spiro atoms. The van der Waals surface area contributed by atoms with Gasteiger partial charge in [0.15, 0.2) is 0 Å². The second-order valence-corrected chi connectivity index (χ2v) is 6.08. The highest BCUT2D eigenvalue weighted by atomic mass is 16.5. The Morgan fingerprint density at radius 2 is 2.00 bits per heavy atom. The van der Waals surface area contributed by atoms with Crippen molar-refractivity contribution in [2.45, 2.75) is 32.2 Å². The van der Waals surface area contributed by atoms with Gasteiger partial charge in [0.25, 0.3) is 0 Å². The van der Waals surface area contributed by atoms with Gasteiger partial charge in [0.1, 0.15) is 0 Å². The molecule has 0 aromatic carbocycles. The second-order valence-electron chi connectivity index (χ2n) is 6.08. The van der Waals surface area contributed by atoms with Crippen molar-refractivity contribution >= 4 is 12.0 Å². The quantitative estimate of drug-likeness (QED) is 0.654. The lowest BCUT2D eigenvalue weighted by Crippen LogP contribution is -2.52. The summed E-state index contributed by atoms with van der Waals surface area (Å²) in [5.74, 6) is -0.810. The maximum atomic E-state index is 11.8. The van der Waals surface area contributed by atoms with Crippen LogP contribution < -0.4 is 10.6 Å². The molecule has 1 unspecified atom stereocenters. The minimum atomic E-state index is -0.810. The Hall–Kier alpha value is -1.34. The molecule has 3 N–H and O–H groups in total. The van der Waals surface area contributed by atoms with E-state index in [0.29, 0.717) is 12.8 Å². The Morgan fingerprint density at radius 3 is 2.52 bits per heavy atom. The number of carboxylic acids is 1. The first kappa shape index (κ1) is 16.0. The van der Waals surface area contributed by atoms with Crippen molar-refractivity contribution < 1.29 is 19.4 Å². The average Bonchev–Trinajstić information content (AvgIpc) is 2.37. The predicted octanol–water partition coefficient (Wildman–Crippen LogP) is 0.261. The predicted molar refractivity (Wildman–Crippen MR) is 77.2 cm³/mol. The molecule has 1 aliphatic carbocycles. The number of carbonyl (C=O) groups excluding carboxylic acids is 1. The fourth-order valence-electron chi connectivity index (χ4n) is 2.81. The van der Waals surface area contributed by atoms with Gasteiger partial charge in [-0.1, -0.05) is 6.42 Å². The Labute approximate surface area is 125 Å². The summed E-state index contributed by atoms with van der Waals surface area (Å²) < 4.78 is 5.28. The Balaban J connectivity index is 1.67. The SMILES string of the molecule is CC(CN1CCOCC1)NC(=O)NCC1(C(=O)O)CCC1. The summed E-state index contributed by atoms with van der Waals surface area (Å²) in [7, 11) is 0. The molecule has 0 bridgehead atoms. The third kappa shape index (κ3) is 4.31. The van der Waals surface area contributed by atoms with E-state index in [1.54, 1.807) is 0 Å². The number of hydrogen-bond donors (Lipinski definition) is 3. The van der Waals surface area contributed by atoms with E-state index < -0.39 is 11.4 Å². The van der Waals surface area contributed by atoms with Gasteiger partial charge in [0.2, 0.25) is 0 Å². The van der Waals surface area contributed by atoms with Crippen LogP contribution in [0.15, 0.2) is 0 Å². The van der Waals surface area contributed by atoms with E-state index in [9.17, 15) is 14.7 Å². The number of carboxylic acid groups (broad SMARTS) is 1. The average molecular weight is 299 g/mol. The fourth-order valence-corrected chi connectivity index (χ4v) is 2.81. The van der Waals surface area contributed by atoms with E-state index in [-0.39, 0.29) is 18.6 Å². The zero-order chi connectivity index (χ0) is 15.3. The molecule has 1 saturated carbocycles. The monoisotopic (exact) mass is 299 g/mol. The van der Waals surface area contributed by atoms with E-state index in [4.69, 9.17) is 4.74 Å². The minimum Gasteiger partial charge on any atom is -0.481 e. The van der Waals surface area contributed by atoms with E-state index in [2.05, 4.69) is 15.5 Å². The van der Waals surface area contributed by atoms with Gasteiger partial charge in [0, 0.05) is 32.2 Å². The van der Waals surface area contributed by atoms with Crippen molar-refractivity contribution in [3.63, 3.8) is 0 Å². The number of carbonyl (C=O) groups is 2. The van der Waals surface area contributed by atoms with Gasteiger partial charge in [-0.3, -0.25) is 9.69 Å². The van der Waals surface area contributed by atoms with Crippen LogP contribution in [0.5, 0.6) is 0 Å². The smallest absolute Gasteiger partial charge is 0.315 e. The van der Waals surface area contributed by atoms with Crippen LogP contribution in [0.25, 0.3) is 0 Å². The third-order valence-corrected chi connectivity index (χ3v) is 4.36. The maximum Gasteiger partial charge on any atom is 0.315 e. The van der Waals surface area contributed by atoms with Crippen molar-refractivity contribution in [2.75, 3.05) is 39.4 Å². The van der Waals surface area contributed by atoms with Gasteiger partial charge >= 0.3 is 12.0 Å². The number of amides is 2. The minimum absolute atomic E-state index is 0.0188. The number of morpholine rings is 1. The Kier molecular flexibility index (Phi) is 5.41. The summed E-state index contributed by atoms with van der Waals surface area (Å²) in [6.07, 6.45) is 2.21. The second kappa shape index (κ2) is 7.09. The van der Waals surface area contributed by atoms with E-state index >= 15 is 0 Å². The highest BCUT2D eigenvalue weighted by Gasteiger charge is 2.44. The lowest BCUT2D eigenvalue weighted by Gasteiger charge is -2.37. The zero-order valence-electron chi connectivity index (χ0n) is 12.6. The largest absolute Gasteiger partial charge is 0.481 e. The van der Waals surface area contributed by atoms with Gasteiger partial charge < -0.3 is 20.5 Å². The van der Waals surface area contributed by atoms with Crippen molar-refractivity contribution in [1.82, 2.24) is 15.5 Å². The highest BCUT2D eigenvalue weighted by Crippen LogP contribution is 2.40. The standard InChI is InChI=1S/C14H25N3O4/c1-11(9-17-5-7-21-8-6-17)16-13(20)15-10-14(12(18)19)3-2-4-14/h11H,2-10H2,1H3,(H,18,19)(H2,15,16,20). The number of urea groups is 1. The lowest BCUT2D eigenvalue weighted by atomic mass is 9.69. The molecule has 2 amide bonds. The number of ether oxygens (including phenoxy) is 1. The molecule has 0 aromatic rings. The van der Waals surface area contributed by atoms with Crippen LogP contribution in [0, 0.1) is 5.41 Å². The highest BCUT2D eigenvalue weighted by molar-refractivity contribution is 5.78. The molecule has 1 atom stereocenters. The van der Waals surface area contributed by atoms with Gasteiger partial charge in [-0.2, -0.15) is 0 Å². The lowest BCUT2D eigenvalue weighted by molar-refractivity contribution is -0.153. The molecule has 2 fully saturated rings. The maximum absolute atomic E-state index is 11.8. The van der Waals surface area contributed by atoms with Gasteiger partial charge in [-0.15, -0.1) is 0 Å². The van der Waals surface area contributed by atoms with Crippen molar-refractivity contribution in [2.24, 2.45) is 5.41 Å². The molecule has 120 valence electrons. The number of aliphatic carboxylic acids is 1. The van der Waals surface area contributed by atoms with Crippen LogP contribution in [0.4, 0.5) is 4.79 Å². The topological polar surface area (TPSA) is 90.9 Å². The molecular weight excluding hydrogens is 274 g/mol. The molecule has 2 rings (SSSR count). The molecule has 1 saturated heterocycles. The number of nitrogens with one attached hydrogen (secondary N) is 2. The molecule has 7 heteroatoms. The number of rotatable bonds is 6. The van der Waals surface area contributed by atoms with Crippen molar-refractivity contribution in [3.8, 4) is 0 Å². The van der Waals surface area contributed by atoms with Crippen LogP contribution in [-0.4, -0.2) is 67.4 Å². The molecule has 2 aliphatic rings. The molecule has 7 nitrogen and oxygen atoms in total. The van der Waals surface area contributed by atoms with E-state index in [1.165, 1.54) is 0 Å². The van der Waals surface area contributed by atoms with Crippen LogP contribution in [0.2, 0.25) is 0 Å². The van der Waals surface area contributed by atoms with Crippen molar-refractivity contribution in [1.29, 1.82) is 0 Å². The van der Waals surface area contributed by atoms with Crippen molar-refractivity contribution in [3.05, 3.63) is 0 Å². The Morgan fingerprint density at radius 1 is 1.33 bits per heavy atom. The molecule has 1 aliphatic heterocycles. The summed E-state index contributed by atoms with van der Waals surface area (Å²) in [6, 6.07) is -0.270. The van der Waals surface area contributed by atoms with Gasteiger partial charge in [-0.25, -0.2) is 4.79 Å². The summed E-state index contributed by atoms with van der Waals surface area (Å²) in [5.41, 5.74) is -0.745. The van der Waals surface area contributed by atoms with Crippen LogP contribution in [-0.2, 0) is 9.53 Å². The number of hydrogen-bond acceptors (Lipinski definition) is 4. The molecule has 21 heavy (non-hydrogen) atoms. The first-order chi connectivity index (χ1) is 10.0. The summed E-state index contributed by atoms with van der Waals surface area (Å²) in [4.78, 5) is 25.3. The van der Waals surface area contributed by atoms with E-state index in [1.807, 2.05) is 6.92 Å². The first-order valence-electron chi connectivity index (χ1n) is 7.60. The molecule has 1 heterocycles. The molecule has 0 radical (unpaired) electrons. The Bertz CT molecular complexity index is 378. The third-order valence-electron chi connectivity index (χ3n) is 4.36. The van der Waals surface area contributed by atoms with Crippen LogP contribution >= 0.6 is 0 Å². The zero-order valence-corrected chi connectivity index (χ0v) is 12.6. The molecular formula is C14H25N3O4. The fraction of sp³-hybridized carbons (Fsp3) is 0.857. The summed E-state index contributed by atoms with van der Waals surface area (Å²) in [5, 5.41) is 14.8.